The molecule has 3 rings (SSSR count). The van der Waals surface area contributed by atoms with Crippen LogP contribution in [0.25, 0.3) is 10.2 Å². The van der Waals surface area contributed by atoms with Crippen molar-refractivity contribution in [2.24, 2.45) is 7.05 Å². The number of para-hydroxylation sites is 1. The molecule has 0 unspecified atom stereocenters. The Kier molecular flexibility index (Phi) is 3.94. The Balaban J connectivity index is 1.50. The zero-order valence-electron chi connectivity index (χ0n) is 11.4. The molecule has 2 heterocycles. The van der Waals surface area contributed by atoms with Gasteiger partial charge in [-0.15, -0.1) is 11.3 Å². The van der Waals surface area contributed by atoms with Crippen molar-refractivity contribution < 1.29 is 9.53 Å². The van der Waals surface area contributed by atoms with Crippen LogP contribution in [0.4, 0.5) is 5.82 Å². The monoisotopic (exact) mass is 302 g/mol. The summed E-state index contributed by atoms with van der Waals surface area (Å²) in [5.74, 6) is 0.292. The Morgan fingerprint density at radius 3 is 3.00 bits per heavy atom. The van der Waals surface area contributed by atoms with Gasteiger partial charge in [0.2, 0.25) is 0 Å². The van der Waals surface area contributed by atoms with E-state index in [4.69, 9.17) is 4.74 Å². The highest BCUT2D eigenvalue weighted by Crippen LogP contribution is 2.21. The van der Waals surface area contributed by atoms with E-state index < -0.39 is 0 Å². The quantitative estimate of drug-likeness (QED) is 0.784. The van der Waals surface area contributed by atoms with Crippen LogP contribution in [-0.2, 0) is 23.2 Å². The maximum absolute atomic E-state index is 11.7. The number of hydrogen-bond donors (Lipinski definition) is 1. The summed E-state index contributed by atoms with van der Waals surface area (Å²) in [4.78, 5) is 16.1. The Hall–Kier alpha value is -2.25. The van der Waals surface area contributed by atoms with Gasteiger partial charge in [0.05, 0.1) is 16.8 Å². The Bertz CT molecular complexity index is 732. The summed E-state index contributed by atoms with van der Waals surface area (Å²) < 4.78 is 8.13. The van der Waals surface area contributed by atoms with Gasteiger partial charge in [0.25, 0.3) is 5.91 Å². The van der Waals surface area contributed by atoms with Gasteiger partial charge in [-0.1, -0.05) is 12.1 Å². The third-order valence-corrected chi connectivity index (χ3v) is 3.79. The summed E-state index contributed by atoms with van der Waals surface area (Å²) in [6, 6.07) is 9.64. The first-order valence-electron chi connectivity index (χ1n) is 6.42. The number of nitrogens with one attached hydrogen (secondary N) is 1. The zero-order valence-corrected chi connectivity index (χ0v) is 12.3. The van der Waals surface area contributed by atoms with Gasteiger partial charge in [-0.25, -0.2) is 4.98 Å². The smallest absolute Gasteiger partial charge is 0.251 e. The fourth-order valence-corrected chi connectivity index (χ4v) is 2.78. The van der Waals surface area contributed by atoms with E-state index in [2.05, 4.69) is 15.4 Å². The van der Waals surface area contributed by atoms with Gasteiger partial charge in [0.15, 0.2) is 5.82 Å². The fourth-order valence-electron chi connectivity index (χ4n) is 1.87. The summed E-state index contributed by atoms with van der Waals surface area (Å²) in [7, 11) is 1.79. The molecular weight excluding hydrogens is 288 g/mol. The van der Waals surface area contributed by atoms with E-state index >= 15 is 0 Å². The fraction of sp³-hybridized carbons (Fsp3) is 0.214. The molecule has 7 heteroatoms. The molecule has 0 fully saturated rings. The highest BCUT2D eigenvalue weighted by Gasteiger charge is 2.07. The average molecular weight is 302 g/mol. The number of fused-ring (bicyclic) bond motifs is 1. The molecule has 0 spiro atoms. The number of thiazole rings is 1. The first-order chi connectivity index (χ1) is 10.2. The van der Waals surface area contributed by atoms with Crippen LogP contribution in [0, 0.1) is 0 Å². The third-order valence-electron chi connectivity index (χ3n) is 2.78. The van der Waals surface area contributed by atoms with Crippen molar-refractivity contribution in [1.29, 1.82) is 0 Å². The second-order valence-corrected chi connectivity index (χ2v) is 5.61. The predicted molar refractivity (Wildman–Crippen MR) is 81.1 cm³/mol. The highest BCUT2D eigenvalue weighted by atomic mass is 32.1. The number of amides is 1. The molecule has 0 atom stereocenters. The number of aromatic nitrogens is 3. The van der Waals surface area contributed by atoms with Gasteiger partial charge in [0, 0.05) is 19.3 Å². The maximum atomic E-state index is 11.7. The number of benzene rings is 1. The number of carbonyl (C=O) groups is 1. The van der Waals surface area contributed by atoms with Crippen molar-refractivity contribution in [3.05, 3.63) is 41.5 Å². The van der Waals surface area contributed by atoms with Crippen molar-refractivity contribution in [2.45, 2.75) is 6.61 Å². The predicted octanol–water partition coefficient (Wildman–Crippen LogP) is 2.19. The summed E-state index contributed by atoms with van der Waals surface area (Å²) in [5.41, 5.74) is 0.957. The van der Waals surface area contributed by atoms with Gasteiger partial charge in [0.1, 0.15) is 11.6 Å². The number of ether oxygens (including phenoxy) is 1. The molecular formula is C14H14N4O2S. The van der Waals surface area contributed by atoms with Crippen LogP contribution in [0.5, 0.6) is 0 Å². The van der Waals surface area contributed by atoms with E-state index in [1.165, 1.54) is 0 Å². The molecule has 3 aromatic rings. The van der Waals surface area contributed by atoms with E-state index in [0.717, 1.165) is 15.2 Å². The Morgan fingerprint density at radius 1 is 1.38 bits per heavy atom. The first kappa shape index (κ1) is 13.7. The van der Waals surface area contributed by atoms with Crippen LogP contribution < -0.4 is 5.32 Å². The molecule has 6 nitrogen and oxygen atoms in total. The van der Waals surface area contributed by atoms with Crippen molar-refractivity contribution in [3.8, 4) is 0 Å². The van der Waals surface area contributed by atoms with Crippen molar-refractivity contribution in [2.75, 3.05) is 11.9 Å². The third kappa shape index (κ3) is 3.45. The van der Waals surface area contributed by atoms with Crippen LogP contribution in [0.1, 0.15) is 5.01 Å². The minimum atomic E-state index is -0.227. The number of rotatable bonds is 5. The van der Waals surface area contributed by atoms with E-state index in [1.54, 1.807) is 35.3 Å². The number of anilines is 1. The van der Waals surface area contributed by atoms with Crippen LogP contribution in [0.2, 0.25) is 0 Å². The number of carbonyl (C=O) groups excluding carboxylic acids is 1. The zero-order chi connectivity index (χ0) is 14.7. The largest absolute Gasteiger partial charge is 0.364 e. The minimum Gasteiger partial charge on any atom is -0.364 e. The molecule has 0 saturated heterocycles. The maximum Gasteiger partial charge on any atom is 0.251 e. The molecule has 0 saturated carbocycles. The standard InChI is InChI=1S/C14H14N4O2S/c1-18-7-6-12(17-18)16-13(19)8-20-9-14-15-10-4-2-3-5-11(10)21-14/h2-7H,8-9H2,1H3,(H,16,17,19). The highest BCUT2D eigenvalue weighted by molar-refractivity contribution is 7.18. The molecule has 0 aliphatic rings. The van der Waals surface area contributed by atoms with Crippen molar-refractivity contribution in [1.82, 2.24) is 14.8 Å². The van der Waals surface area contributed by atoms with Crippen LogP contribution in [0.3, 0.4) is 0 Å². The molecule has 108 valence electrons. The van der Waals surface area contributed by atoms with Gasteiger partial charge < -0.3 is 10.1 Å². The minimum absolute atomic E-state index is 0.0213. The lowest BCUT2D eigenvalue weighted by atomic mass is 10.3. The van der Waals surface area contributed by atoms with Crippen LogP contribution >= 0.6 is 11.3 Å². The molecule has 21 heavy (non-hydrogen) atoms. The number of nitrogens with zero attached hydrogens (tertiary/aromatic N) is 3. The molecule has 0 radical (unpaired) electrons. The first-order valence-corrected chi connectivity index (χ1v) is 7.24. The van der Waals surface area contributed by atoms with Crippen LogP contribution in [0.15, 0.2) is 36.5 Å². The molecule has 1 amide bonds. The van der Waals surface area contributed by atoms with Crippen LogP contribution in [-0.4, -0.2) is 27.3 Å². The van der Waals surface area contributed by atoms with E-state index in [-0.39, 0.29) is 12.5 Å². The van der Waals surface area contributed by atoms with Gasteiger partial charge in [-0.2, -0.15) is 5.10 Å². The second kappa shape index (κ2) is 6.02. The van der Waals surface area contributed by atoms with Crippen molar-refractivity contribution >= 4 is 33.3 Å². The molecule has 2 aromatic heterocycles. The Morgan fingerprint density at radius 2 is 2.24 bits per heavy atom. The topological polar surface area (TPSA) is 69.0 Å². The van der Waals surface area contributed by atoms with E-state index in [9.17, 15) is 4.79 Å². The SMILES string of the molecule is Cn1ccc(NC(=O)COCc2nc3ccccc3s2)n1. The number of hydrogen-bond acceptors (Lipinski definition) is 5. The summed E-state index contributed by atoms with van der Waals surface area (Å²) in [6.45, 7) is 0.307. The summed E-state index contributed by atoms with van der Waals surface area (Å²) in [5, 5.41) is 7.59. The molecule has 0 aliphatic heterocycles. The lowest BCUT2D eigenvalue weighted by Crippen LogP contribution is -2.18. The summed E-state index contributed by atoms with van der Waals surface area (Å²) in [6.07, 6.45) is 1.76. The molecule has 0 bridgehead atoms. The number of aryl methyl sites for hydroxylation is 1. The van der Waals surface area contributed by atoms with E-state index in [0.29, 0.717) is 12.4 Å². The van der Waals surface area contributed by atoms with Gasteiger partial charge in [-0.3, -0.25) is 9.48 Å². The normalized spacial score (nSPS) is 10.9. The molecule has 1 N–H and O–H groups in total. The lowest BCUT2D eigenvalue weighted by Gasteiger charge is -2.02. The average Bonchev–Trinajstić information content (AvgIpc) is 3.04. The molecule has 1 aromatic carbocycles. The lowest BCUT2D eigenvalue weighted by molar-refractivity contribution is -0.121. The van der Waals surface area contributed by atoms with E-state index in [1.807, 2.05) is 24.3 Å². The van der Waals surface area contributed by atoms with Gasteiger partial charge >= 0.3 is 0 Å². The van der Waals surface area contributed by atoms with Gasteiger partial charge in [-0.05, 0) is 12.1 Å². The Labute approximate surface area is 125 Å². The second-order valence-electron chi connectivity index (χ2n) is 4.49. The summed E-state index contributed by atoms with van der Waals surface area (Å²) >= 11 is 1.57. The molecule has 0 aliphatic carbocycles. The van der Waals surface area contributed by atoms with Crippen molar-refractivity contribution in [3.63, 3.8) is 0 Å².